The molecule has 0 aromatic carbocycles. The maximum Gasteiger partial charge on any atom is 0.408 e. The van der Waals surface area contributed by atoms with Gasteiger partial charge in [-0.05, 0) is 40.5 Å². The van der Waals surface area contributed by atoms with E-state index in [-0.39, 0.29) is 38.3 Å². The Balaban J connectivity index is 4.58. The smallest absolute Gasteiger partial charge is 0.408 e. The molecule has 0 radical (unpaired) electrons. The van der Waals surface area contributed by atoms with Crippen LogP contribution in [0.2, 0.25) is 0 Å². The Labute approximate surface area is 147 Å². The van der Waals surface area contributed by atoms with Gasteiger partial charge >= 0.3 is 18.0 Å². The summed E-state index contributed by atoms with van der Waals surface area (Å²) in [7, 11) is 0. The molecule has 0 rings (SSSR count). The molecule has 8 nitrogen and oxygen atoms in total. The molecule has 25 heavy (non-hydrogen) atoms. The molecule has 0 aliphatic heterocycles. The second-order valence-corrected chi connectivity index (χ2v) is 6.37. The summed E-state index contributed by atoms with van der Waals surface area (Å²) in [6.45, 7) is 9.55. The Morgan fingerprint density at radius 2 is 1.80 bits per heavy atom. The molecular formula is C17H27NO7. The van der Waals surface area contributed by atoms with Gasteiger partial charge in [0.25, 0.3) is 0 Å². The average molecular weight is 357 g/mol. The number of hydrogen-bond acceptors (Lipinski definition) is 7. The van der Waals surface area contributed by atoms with Crippen LogP contribution < -0.4 is 5.32 Å². The number of carbonyl (C=O) groups is 4. The van der Waals surface area contributed by atoms with Crippen LogP contribution in [0.4, 0.5) is 4.79 Å². The number of nitrogens with one attached hydrogen (secondary N) is 1. The highest BCUT2D eigenvalue weighted by atomic mass is 16.6. The van der Waals surface area contributed by atoms with Crippen LogP contribution in [-0.2, 0) is 28.6 Å². The summed E-state index contributed by atoms with van der Waals surface area (Å²) in [5, 5.41) is 2.35. The van der Waals surface area contributed by atoms with E-state index in [1.807, 2.05) is 0 Å². The summed E-state index contributed by atoms with van der Waals surface area (Å²) >= 11 is 0. The number of ether oxygens (including phenoxy) is 3. The van der Waals surface area contributed by atoms with Crippen molar-refractivity contribution in [3.63, 3.8) is 0 Å². The SMILES string of the molecule is C=CCOC(=O)N[C@@H](CCCC(=O)OC(C)(C)C)C(=O)OCC(C)=O. The van der Waals surface area contributed by atoms with Gasteiger partial charge in [0.15, 0.2) is 5.78 Å². The maximum atomic E-state index is 12.0. The fourth-order valence-corrected chi connectivity index (χ4v) is 1.68. The number of carbonyl (C=O) groups excluding carboxylic acids is 4. The predicted octanol–water partition coefficient (Wildman–Crippen LogP) is 1.91. The molecule has 0 spiro atoms. The van der Waals surface area contributed by atoms with Crippen molar-refractivity contribution in [1.82, 2.24) is 5.32 Å². The average Bonchev–Trinajstić information content (AvgIpc) is 2.47. The van der Waals surface area contributed by atoms with Gasteiger partial charge in [0, 0.05) is 6.42 Å². The van der Waals surface area contributed by atoms with E-state index in [1.54, 1.807) is 20.8 Å². The number of Topliss-reactive ketones (excluding diaryl/α,β-unsaturated/α-hetero) is 1. The topological polar surface area (TPSA) is 108 Å². The van der Waals surface area contributed by atoms with E-state index in [2.05, 4.69) is 11.9 Å². The first-order chi connectivity index (χ1) is 11.5. The first-order valence-corrected chi connectivity index (χ1v) is 7.97. The maximum absolute atomic E-state index is 12.0. The fraction of sp³-hybridized carbons (Fsp3) is 0.647. The Bertz CT molecular complexity index is 494. The second-order valence-electron chi connectivity index (χ2n) is 6.37. The zero-order valence-electron chi connectivity index (χ0n) is 15.3. The molecule has 0 aromatic rings. The summed E-state index contributed by atoms with van der Waals surface area (Å²) in [6.07, 6.45) is 1.07. The van der Waals surface area contributed by atoms with Gasteiger partial charge in [-0.2, -0.15) is 0 Å². The number of alkyl carbamates (subject to hydrolysis) is 1. The highest BCUT2D eigenvalue weighted by Crippen LogP contribution is 2.11. The van der Waals surface area contributed by atoms with E-state index in [1.165, 1.54) is 13.0 Å². The van der Waals surface area contributed by atoms with E-state index in [4.69, 9.17) is 14.2 Å². The zero-order chi connectivity index (χ0) is 19.5. The molecule has 1 atom stereocenters. The van der Waals surface area contributed by atoms with Crippen molar-refractivity contribution in [3.05, 3.63) is 12.7 Å². The van der Waals surface area contributed by atoms with Gasteiger partial charge in [-0.25, -0.2) is 9.59 Å². The highest BCUT2D eigenvalue weighted by Gasteiger charge is 2.24. The molecule has 0 bridgehead atoms. The van der Waals surface area contributed by atoms with Crippen LogP contribution in [0.1, 0.15) is 47.0 Å². The molecule has 0 aromatic heterocycles. The predicted molar refractivity (Wildman–Crippen MR) is 89.8 cm³/mol. The minimum absolute atomic E-state index is 0.0149. The molecular weight excluding hydrogens is 330 g/mol. The molecule has 1 amide bonds. The third-order valence-electron chi connectivity index (χ3n) is 2.62. The molecule has 0 aliphatic rings. The van der Waals surface area contributed by atoms with Gasteiger partial charge in [0.05, 0.1) is 0 Å². The van der Waals surface area contributed by atoms with Gasteiger partial charge in [0.2, 0.25) is 0 Å². The van der Waals surface area contributed by atoms with Gasteiger partial charge in [-0.3, -0.25) is 9.59 Å². The van der Waals surface area contributed by atoms with Crippen molar-refractivity contribution in [1.29, 1.82) is 0 Å². The number of esters is 2. The molecule has 0 aliphatic carbocycles. The highest BCUT2D eigenvalue weighted by molar-refractivity contribution is 5.84. The summed E-state index contributed by atoms with van der Waals surface area (Å²) in [6, 6.07) is -1.03. The number of hydrogen-bond donors (Lipinski definition) is 1. The van der Waals surface area contributed by atoms with E-state index >= 15 is 0 Å². The molecule has 0 fully saturated rings. The van der Waals surface area contributed by atoms with Crippen LogP contribution in [0.15, 0.2) is 12.7 Å². The zero-order valence-corrected chi connectivity index (χ0v) is 15.3. The lowest BCUT2D eigenvalue weighted by Crippen LogP contribution is -2.42. The minimum atomic E-state index is -1.03. The van der Waals surface area contributed by atoms with Crippen LogP contribution in [0.3, 0.4) is 0 Å². The van der Waals surface area contributed by atoms with Crippen molar-refractivity contribution in [2.24, 2.45) is 0 Å². The first-order valence-electron chi connectivity index (χ1n) is 7.97. The van der Waals surface area contributed by atoms with Crippen LogP contribution >= 0.6 is 0 Å². The minimum Gasteiger partial charge on any atom is -0.460 e. The van der Waals surface area contributed by atoms with Crippen LogP contribution in [-0.4, -0.2) is 48.7 Å². The summed E-state index contributed by atoms with van der Waals surface area (Å²) in [5.41, 5.74) is -0.594. The monoisotopic (exact) mass is 357 g/mol. The molecule has 142 valence electrons. The molecule has 1 N–H and O–H groups in total. The largest absolute Gasteiger partial charge is 0.460 e. The van der Waals surface area contributed by atoms with Gasteiger partial charge in [-0.1, -0.05) is 12.7 Å². The summed E-state index contributed by atoms with van der Waals surface area (Å²) in [5.74, 6) is -1.50. The normalized spacial score (nSPS) is 11.8. The third kappa shape index (κ3) is 12.7. The molecule has 0 saturated carbocycles. The Morgan fingerprint density at radius 3 is 2.32 bits per heavy atom. The summed E-state index contributed by atoms with van der Waals surface area (Å²) in [4.78, 5) is 46.2. The van der Waals surface area contributed by atoms with Crippen LogP contribution in [0.25, 0.3) is 0 Å². The number of amides is 1. The van der Waals surface area contributed by atoms with Gasteiger partial charge < -0.3 is 19.5 Å². The van der Waals surface area contributed by atoms with Crippen LogP contribution in [0.5, 0.6) is 0 Å². The van der Waals surface area contributed by atoms with Gasteiger partial charge in [-0.15, -0.1) is 0 Å². The third-order valence-corrected chi connectivity index (χ3v) is 2.62. The Morgan fingerprint density at radius 1 is 1.16 bits per heavy atom. The lowest BCUT2D eigenvalue weighted by molar-refractivity contribution is -0.155. The Kier molecular flexibility index (Phi) is 10.2. The van der Waals surface area contributed by atoms with E-state index in [9.17, 15) is 19.2 Å². The van der Waals surface area contributed by atoms with E-state index < -0.39 is 29.7 Å². The van der Waals surface area contributed by atoms with Gasteiger partial charge in [0.1, 0.15) is 24.9 Å². The quantitative estimate of drug-likeness (QED) is 0.361. The Hall–Kier alpha value is -2.38. The van der Waals surface area contributed by atoms with Crippen LogP contribution in [0, 0.1) is 0 Å². The molecule has 8 heteroatoms. The molecule has 0 unspecified atom stereocenters. The first kappa shape index (κ1) is 22.6. The van der Waals surface area contributed by atoms with Crippen molar-refractivity contribution in [3.8, 4) is 0 Å². The van der Waals surface area contributed by atoms with Crippen molar-refractivity contribution in [2.45, 2.75) is 58.6 Å². The van der Waals surface area contributed by atoms with Crippen molar-refractivity contribution < 1.29 is 33.4 Å². The fourth-order valence-electron chi connectivity index (χ4n) is 1.68. The summed E-state index contributed by atoms with van der Waals surface area (Å²) < 4.78 is 14.7. The lowest BCUT2D eigenvalue weighted by atomic mass is 10.1. The molecule has 0 saturated heterocycles. The lowest BCUT2D eigenvalue weighted by Gasteiger charge is -2.20. The second kappa shape index (κ2) is 11.2. The number of ketones is 1. The number of rotatable bonds is 10. The van der Waals surface area contributed by atoms with Crippen molar-refractivity contribution in [2.75, 3.05) is 13.2 Å². The standard InChI is InChI=1S/C17H27NO7/c1-6-10-23-16(22)18-13(15(21)24-11-12(2)19)8-7-9-14(20)25-17(3,4)5/h6,13H,1,7-11H2,2-5H3,(H,18,22)/t13-/m0/s1. The van der Waals surface area contributed by atoms with E-state index in [0.717, 1.165) is 0 Å². The molecule has 0 heterocycles. The van der Waals surface area contributed by atoms with E-state index in [0.29, 0.717) is 0 Å². The van der Waals surface area contributed by atoms with Crippen molar-refractivity contribution >= 4 is 23.8 Å².